The molecule has 0 aromatic carbocycles. The molecule has 1 aliphatic heterocycles. The minimum Gasteiger partial charge on any atom is -0.391 e. The van der Waals surface area contributed by atoms with Gasteiger partial charge in [0.1, 0.15) is 6.17 Å². The molecule has 0 aliphatic carbocycles. The minimum absolute atomic E-state index is 0.236. The van der Waals surface area contributed by atoms with Crippen LogP contribution in [-0.4, -0.2) is 30.6 Å². The fraction of sp³-hybridized carbons (Fsp3) is 1.00. The summed E-state index contributed by atoms with van der Waals surface area (Å²) in [5, 5.41) is 8.89. The van der Waals surface area contributed by atoms with E-state index in [-0.39, 0.29) is 6.42 Å². The summed E-state index contributed by atoms with van der Waals surface area (Å²) >= 11 is 0. The number of rotatable bonds is 0. The predicted molar refractivity (Wildman–Crippen MR) is 42.3 cm³/mol. The fourth-order valence-corrected chi connectivity index (χ4v) is 0.912. The Kier molecular flexibility index (Phi) is 6.46. The zero-order valence-electron chi connectivity index (χ0n) is 7.22. The Bertz CT molecular complexity index is 78.2. The first kappa shape index (κ1) is 10.8. The lowest BCUT2D eigenvalue weighted by Crippen LogP contribution is -2.15. The molecular weight excluding hydrogens is 147 g/mol. The van der Waals surface area contributed by atoms with Gasteiger partial charge in [0.25, 0.3) is 0 Å². The van der Waals surface area contributed by atoms with E-state index in [4.69, 9.17) is 9.84 Å². The van der Waals surface area contributed by atoms with Crippen LogP contribution in [0.2, 0.25) is 0 Å². The van der Waals surface area contributed by atoms with E-state index in [0.29, 0.717) is 19.6 Å². The van der Waals surface area contributed by atoms with E-state index >= 15 is 0 Å². The molecule has 1 rings (SSSR count). The van der Waals surface area contributed by atoms with Crippen LogP contribution in [-0.2, 0) is 4.74 Å². The Morgan fingerprint density at radius 3 is 2.73 bits per heavy atom. The van der Waals surface area contributed by atoms with E-state index in [9.17, 15) is 4.39 Å². The summed E-state index contributed by atoms with van der Waals surface area (Å²) in [4.78, 5) is 0. The van der Waals surface area contributed by atoms with Crippen molar-refractivity contribution in [3.05, 3.63) is 0 Å². The van der Waals surface area contributed by atoms with Gasteiger partial charge in [-0.15, -0.1) is 0 Å². The fourth-order valence-electron chi connectivity index (χ4n) is 0.912. The number of halogens is 1. The third-order valence-corrected chi connectivity index (χ3v) is 1.41. The Morgan fingerprint density at radius 2 is 2.09 bits per heavy atom. The van der Waals surface area contributed by atoms with Crippen molar-refractivity contribution < 1.29 is 14.2 Å². The third kappa shape index (κ3) is 5.16. The topological polar surface area (TPSA) is 29.5 Å². The summed E-state index contributed by atoms with van der Waals surface area (Å²) in [5.41, 5.74) is 0. The monoisotopic (exact) mass is 164 g/mol. The van der Waals surface area contributed by atoms with Gasteiger partial charge in [0.2, 0.25) is 0 Å². The number of hydrogen-bond acceptors (Lipinski definition) is 2. The first-order valence-electron chi connectivity index (χ1n) is 4.19. The standard InChI is InChI=1S/C6H11FO2.C2H6/c7-5-1-2-9-4-6(8)3-5;1-2/h5-6,8H,1-4H2;1-2H3. The Balaban J connectivity index is 0.000000461. The Hall–Kier alpha value is -0.150. The highest BCUT2D eigenvalue weighted by Crippen LogP contribution is 2.11. The summed E-state index contributed by atoms with van der Waals surface area (Å²) in [6.45, 7) is 4.73. The van der Waals surface area contributed by atoms with Gasteiger partial charge in [0.15, 0.2) is 0 Å². The second-order valence-corrected chi connectivity index (χ2v) is 2.35. The van der Waals surface area contributed by atoms with Crippen LogP contribution in [0.4, 0.5) is 4.39 Å². The van der Waals surface area contributed by atoms with Crippen molar-refractivity contribution in [1.82, 2.24) is 0 Å². The summed E-state index contributed by atoms with van der Waals surface area (Å²) in [5.74, 6) is 0. The first-order valence-corrected chi connectivity index (χ1v) is 4.19. The molecule has 2 nitrogen and oxygen atoms in total. The molecule has 0 amide bonds. The molecule has 0 radical (unpaired) electrons. The molecule has 1 heterocycles. The zero-order chi connectivity index (χ0) is 8.69. The van der Waals surface area contributed by atoms with Crippen LogP contribution >= 0.6 is 0 Å². The maximum Gasteiger partial charge on any atom is 0.105 e. The van der Waals surface area contributed by atoms with Crippen LogP contribution < -0.4 is 0 Å². The predicted octanol–water partition coefficient (Wildman–Crippen LogP) is 1.52. The van der Waals surface area contributed by atoms with Crippen molar-refractivity contribution in [2.45, 2.75) is 39.0 Å². The lowest BCUT2D eigenvalue weighted by atomic mass is 10.1. The van der Waals surface area contributed by atoms with E-state index in [2.05, 4.69) is 0 Å². The van der Waals surface area contributed by atoms with Crippen LogP contribution in [0.3, 0.4) is 0 Å². The molecule has 2 unspecified atom stereocenters. The van der Waals surface area contributed by atoms with Gasteiger partial charge >= 0.3 is 0 Å². The average molecular weight is 164 g/mol. The SMILES string of the molecule is CC.OC1COCCC(F)C1. The zero-order valence-corrected chi connectivity index (χ0v) is 7.22. The number of aliphatic hydroxyl groups excluding tert-OH is 1. The highest BCUT2D eigenvalue weighted by atomic mass is 19.1. The molecule has 0 saturated carbocycles. The summed E-state index contributed by atoms with van der Waals surface area (Å²) in [7, 11) is 0. The van der Waals surface area contributed by atoms with Crippen LogP contribution in [0.5, 0.6) is 0 Å². The van der Waals surface area contributed by atoms with Gasteiger partial charge in [-0.1, -0.05) is 13.8 Å². The van der Waals surface area contributed by atoms with E-state index < -0.39 is 12.3 Å². The third-order valence-electron chi connectivity index (χ3n) is 1.41. The van der Waals surface area contributed by atoms with Gasteiger partial charge in [0, 0.05) is 19.4 Å². The molecule has 1 saturated heterocycles. The first-order chi connectivity index (χ1) is 5.29. The van der Waals surface area contributed by atoms with Gasteiger partial charge < -0.3 is 9.84 Å². The summed E-state index contributed by atoms with van der Waals surface area (Å²) in [6, 6.07) is 0. The second-order valence-electron chi connectivity index (χ2n) is 2.35. The molecule has 3 heteroatoms. The molecule has 1 aliphatic rings. The lowest BCUT2D eigenvalue weighted by Gasteiger charge is -2.05. The molecular formula is C8H17FO2. The molecule has 2 atom stereocenters. The smallest absolute Gasteiger partial charge is 0.105 e. The van der Waals surface area contributed by atoms with Crippen molar-refractivity contribution in [3.63, 3.8) is 0 Å². The molecule has 0 bridgehead atoms. The molecule has 0 aromatic heterocycles. The van der Waals surface area contributed by atoms with Crippen LogP contribution in [0.15, 0.2) is 0 Å². The second kappa shape index (κ2) is 6.55. The molecule has 1 fully saturated rings. The maximum absolute atomic E-state index is 12.5. The number of ether oxygens (including phenoxy) is 1. The van der Waals surface area contributed by atoms with Gasteiger partial charge in [-0.05, 0) is 0 Å². The quantitative estimate of drug-likeness (QED) is 0.588. The number of aliphatic hydroxyl groups is 1. The largest absolute Gasteiger partial charge is 0.391 e. The Morgan fingerprint density at radius 1 is 1.45 bits per heavy atom. The molecule has 1 N–H and O–H groups in total. The van der Waals surface area contributed by atoms with Crippen molar-refractivity contribution in [2.75, 3.05) is 13.2 Å². The van der Waals surface area contributed by atoms with Crippen LogP contribution in [0.25, 0.3) is 0 Å². The maximum atomic E-state index is 12.5. The lowest BCUT2D eigenvalue weighted by molar-refractivity contribution is 0.0497. The van der Waals surface area contributed by atoms with Gasteiger partial charge in [-0.2, -0.15) is 0 Å². The summed E-state index contributed by atoms with van der Waals surface area (Å²) in [6.07, 6.45) is -0.804. The van der Waals surface area contributed by atoms with Gasteiger partial charge in [-0.3, -0.25) is 0 Å². The highest BCUT2D eigenvalue weighted by molar-refractivity contribution is 4.66. The van der Waals surface area contributed by atoms with Crippen molar-refractivity contribution in [1.29, 1.82) is 0 Å². The molecule has 0 spiro atoms. The van der Waals surface area contributed by atoms with Crippen molar-refractivity contribution in [2.24, 2.45) is 0 Å². The van der Waals surface area contributed by atoms with Crippen molar-refractivity contribution >= 4 is 0 Å². The van der Waals surface area contributed by atoms with Crippen molar-refractivity contribution in [3.8, 4) is 0 Å². The van der Waals surface area contributed by atoms with E-state index in [0.717, 1.165) is 0 Å². The molecule has 68 valence electrons. The van der Waals surface area contributed by atoms with E-state index in [1.54, 1.807) is 0 Å². The average Bonchev–Trinajstić information content (AvgIpc) is 2.18. The van der Waals surface area contributed by atoms with Crippen LogP contribution in [0.1, 0.15) is 26.7 Å². The molecule has 11 heavy (non-hydrogen) atoms. The normalized spacial score (nSPS) is 31.6. The van der Waals surface area contributed by atoms with Gasteiger partial charge in [-0.25, -0.2) is 4.39 Å². The van der Waals surface area contributed by atoms with Crippen LogP contribution in [0, 0.1) is 0 Å². The van der Waals surface area contributed by atoms with E-state index in [1.165, 1.54) is 0 Å². The number of alkyl halides is 1. The van der Waals surface area contributed by atoms with E-state index in [1.807, 2.05) is 13.8 Å². The minimum atomic E-state index is -0.873. The molecule has 0 aromatic rings. The summed E-state index contributed by atoms with van der Waals surface area (Å²) < 4.78 is 17.3. The van der Waals surface area contributed by atoms with Gasteiger partial charge in [0.05, 0.1) is 12.7 Å². The number of hydrogen-bond donors (Lipinski definition) is 1. The highest BCUT2D eigenvalue weighted by Gasteiger charge is 2.17. The Labute approximate surface area is 67.4 Å².